The summed E-state index contributed by atoms with van der Waals surface area (Å²) in [7, 11) is -3.71. The molecule has 1 aliphatic heterocycles. The van der Waals surface area contributed by atoms with Gasteiger partial charge in [0.15, 0.2) is 15.0 Å². The maximum atomic E-state index is 13.0. The Morgan fingerprint density at radius 2 is 1.81 bits per heavy atom. The Hall–Kier alpha value is -2.39. The van der Waals surface area contributed by atoms with Crippen molar-refractivity contribution in [2.45, 2.75) is 30.5 Å². The van der Waals surface area contributed by atoms with Crippen molar-refractivity contribution >= 4 is 49.4 Å². The van der Waals surface area contributed by atoms with Crippen molar-refractivity contribution in [2.24, 2.45) is 5.10 Å². The van der Waals surface area contributed by atoms with Crippen LogP contribution in [0.3, 0.4) is 0 Å². The van der Waals surface area contributed by atoms with E-state index in [1.54, 1.807) is 25.1 Å². The summed E-state index contributed by atoms with van der Waals surface area (Å²) in [6.07, 6.45) is 0. The van der Waals surface area contributed by atoms with Gasteiger partial charge in [0.25, 0.3) is 0 Å². The minimum absolute atomic E-state index is 0.180. The number of carbonyl (C=O) groups excluding carboxylic acids is 2. The first-order valence-electron chi connectivity index (χ1n) is 8.18. The number of fused-ring (bicyclic) bond motifs is 1. The molecule has 3 rings (SSSR count). The SMILES string of the molecule is CC(=O)NC1=NN(C(C)=O)[C@](C)(CS(=O)(=O)c2ccc3ccccc3c2)S1. The molecule has 0 unspecified atom stereocenters. The van der Waals surface area contributed by atoms with Gasteiger partial charge in [-0.1, -0.05) is 42.1 Å². The zero-order valence-corrected chi connectivity index (χ0v) is 16.7. The molecule has 1 heterocycles. The quantitative estimate of drug-likeness (QED) is 0.846. The van der Waals surface area contributed by atoms with Gasteiger partial charge in [0.05, 0.1) is 10.6 Å². The Bertz CT molecular complexity index is 1070. The molecular formula is C18H19N3O4S2. The van der Waals surface area contributed by atoms with E-state index in [4.69, 9.17) is 0 Å². The number of nitrogens with zero attached hydrogens (tertiary/aromatic N) is 2. The van der Waals surface area contributed by atoms with Gasteiger partial charge in [-0.25, -0.2) is 13.4 Å². The molecule has 0 bridgehead atoms. The van der Waals surface area contributed by atoms with E-state index in [9.17, 15) is 18.0 Å². The predicted molar refractivity (Wildman–Crippen MR) is 106 cm³/mol. The lowest BCUT2D eigenvalue weighted by Crippen LogP contribution is -2.45. The Morgan fingerprint density at radius 3 is 2.44 bits per heavy atom. The highest BCUT2D eigenvalue weighted by Crippen LogP contribution is 2.39. The number of amides is 2. The van der Waals surface area contributed by atoms with Crippen LogP contribution in [0, 0.1) is 0 Å². The maximum absolute atomic E-state index is 13.0. The molecule has 1 aliphatic rings. The minimum Gasteiger partial charge on any atom is -0.304 e. The number of sulfone groups is 1. The molecule has 0 saturated carbocycles. The third kappa shape index (κ3) is 3.98. The van der Waals surface area contributed by atoms with E-state index in [0.717, 1.165) is 27.5 Å². The van der Waals surface area contributed by atoms with Crippen LogP contribution in [0.1, 0.15) is 20.8 Å². The Kier molecular flexibility index (Phi) is 5.00. The first kappa shape index (κ1) is 19.4. The van der Waals surface area contributed by atoms with Crippen LogP contribution in [0.2, 0.25) is 0 Å². The van der Waals surface area contributed by atoms with Crippen LogP contribution in [0.4, 0.5) is 0 Å². The number of amidine groups is 1. The fourth-order valence-corrected chi connectivity index (χ4v) is 6.23. The van der Waals surface area contributed by atoms with Gasteiger partial charge >= 0.3 is 0 Å². The minimum atomic E-state index is -3.71. The van der Waals surface area contributed by atoms with Crippen LogP contribution in [-0.4, -0.2) is 41.0 Å². The zero-order chi connectivity index (χ0) is 19.8. The van der Waals surface area contributed by atoms with Crippen LogP contribution >= 0.6 is 11.8 Å². The molecule has 27 heavy (non-hydrogen) atoms. The lowest BCUT2D eigenvalue weighted by Gasteiger charge is -2.30. The van der Waals surface area contributed by atoms with Crippen LogP contribution in [-0.2, 0) is 19.4 Å². The molecule has 0 spiro atoms. The number of hydrazone groups is 1. The van der Waals surface area contributed by atoms with E-state index in [1.165, 1.54) is 13.8 Å². The second-order valence-corrected chi connectivity index (χ2v) is 9.92. The number of benzene rings is 2. The first-order chi connectivity index (χ1) is 12.6. The number of hydrogen-bond acceptors (Lipinski definition) is 6. The molecule has 2 amide bonds. The second-order valence-electron chi connectivity index (χ2n) is 6.46. The summed E-state index contributed by atoms with van der Waals surface area (Å²) >= 11 is 1.05. The normalized spacial score (nSPS) is 19.8. The van der Waals surface area contributed by atoms with E-state index in [2.05, 4.69) is 10.4 Å². The standard InChI is InChI=1S/C18H19N3O4S2/c1-12(22)19-17-20-21(13(2)23)18(3,26-17)11-27(24,25)16-9-8-14-6-4-5-7-15(14)10-16/h4-10H,11H2,1-3H3,(H,19,20,22)/t18-/m0/s1. The fraction of sp³-hybridized carbons (Fsp3) is 0.278. The predicted octanol–water partition coefficient (Wildman–Crippen LogP) is 2.33. The van der Waals surface area contributed by atoms with Crippen molar-refractivity contribution in [3.8, 4) is 0 Å². The third-order valence-electron chi connectivity index (χ3n) is 4.07. The summed E-state index contributed by atoms with van der Waals surface area (Å²) in [5.41, 5.74) is 0. The largest absolute Gasteiger partial charge is 0.304 e. The van der Waals surface area contributed by atoms with Gasteiger partial charge in [0.1, 0.15) is 4.87 Å². The molecule has 7 nitrogen and oxygen atoms in total. The number of nitrogens with one attached hydrogen (secondary N) is 1. The average Bonchev–Trinajstić information content (AvgIpc) is 2.89. The van der Waals surface area contributed by atoms with Crippen LogP contribution in [0.15, 0.2) is 52.5 Å². The Balaban J connectivity index is 1.93. The van der Waals surface area contributed by atoms with Gasteiger partial charge in [0, 0.05) is 13.8 Å². The van der Waals surface area contributed by atoms with Crippen molar-refractivity contribution < 1.29 is 18.0 Å². The zero-order valence-electron chi connectivity index (χ0n) is 15.1. The highest BCUT2D eigenvalue weighted by atomic mass is 32.2. The van der Waals surface area contributed by atoms with Crippen LogP contribution < -0.4 is 5.32 Å². The molecule has 0 fully saturated rings. The topological polar surface area (TPSA) is 95.9 Å². The summed E-state index contributed by atoms with van der Waals surface area (Å²) in [5, 5.41) is 9.67. The molecule has 2 aromatic carbocycles. The molecule has 0 saturated heterocycles. The Morgan fingerprint density at radius 1 is 1.15 bits per heavy atom. The van der Waals surface area contributed by atoms with E-state index >= 15 is 0 Å². The third-order valence-corrected chi connectivity index (χ3v) is 7.31. The molecule has 9 heteroatoms. The summed E-state index contributed by atoms with van der Waals surface area (Å²) in [4.78, 5) is 22.3. The Labute approximate surface area is 161 Å². The molecule has 1 atom stereocenters. The van der Waals surface area contributed by atoms with Gasteiger partial charge in [0.2, 0.25) is 11.8 Å². The number of thioether (sulfide) groups is 1. The van der Waals surface area contributed by atoms with Crippen LogP contribution in [0.25, 0.3) is 10.8 Å². The second kappa shape index (κ2) is 6.97. The van der Waals surface area contributed by atoms with Gasteiger partial charge in [-0.2, -0.15) is 0 Å². The van der Waals surface area contributed by atoms with Gasteiger partial charge in [-0.15, -0.1) is 5.10 Å². The molecular weight excluding hydrogens is 386 g/mol. The van der Waals surface area contributed by atoms with Crippen molar-refractivity contribution in [2.75, 3.05) is 5.75 Å². The van der Waals surface area contributed by atoms with Crippen molar-refractivity contribution in [3.05, 3.63) is 42.5 Å². The first-order valence-corrected chi connectivity index (χ1v) is 10.7. The highest BCUT2D eigenvalue weighted by molar-refractivity contribution is 8.15. The van der Waals surface area contributed by atoms with Crippen molar-refractivity contribution in [3.63, 3.8) is 0 Å². The van der Waals surface area contributed by atoms with Crippen molar-refractivity contribution in [1.82, 2.24) is 10.3 Å². The molecule has 0 radical (unpaired) electrons. The molecule has 1 N–H and O–H groups in total. The van der Waals surface area contributed by atoms with Crippen molar-refractivity contribution in [1.29, 1.82) is 0 Å². The molecule has 142 valence electrons. The van der Waals surface area contributed by atoms with E-state index in [0.29, 0.717) is 0 Å². The lowest BCUT2D eigenvalue weighted by atomic mass is 10.1. The van der Waals surface area contributed by atoms with E-state index < -0.39 is 20.6 Å². The number of hydrogen-bond donors (Lipinski definition) is 1. The number of carbonyl (C=O) groups is 2. The van der Waals surface area contributed by atoms with Gasteiger partial charge < -0.3 is 5.32 Å². The highest BCUT2D eigenvalue weighted by Gasteiger charge is 2.46. The van der Waals surface area contributed by atoms with Crippen LogP contribution in [0.5, 0.6) is 0 Å². The number of rotatable bonds is 3. The summed E-state index contributed by atoms with van der Waals surface area (Å²) in [6.45, 7) is 4.25. The molecule has 0 aliphatic carbocycles. The maximum Gasteiger partial charge on any atom is 0.240 e. The van der Waals surface area contributed by atoms with E-state index in [1.807, 2.05) is 24.3 Å². The van der Waals surface area contributed by atoms with E-state index in [-0.39, 0.29) is 21.7 Å². The smallest absolute Gasteiger partial charge is 0.240 e. The lowest BCUT2D eigenvalue weighted by molar-refractivity contribution is -0.131. The fourth-order valence-electron chi connectivity index (χ4n) is 2.96. The monoisotopic (exact) mass is 405 g/mol. The summed E-state index contributed by atoms with van der Waals surface area (Å²) in [6, 6.07) is 12.4. The molecule has 0 aromatic heterocycles. The molecule has 2 aromatic rings. The summed E-state index contributed by atoms with van der Waals surface area (Å²) < 4.78 is 26.1. The van der Waals surface area contributed by atoms with Gasteiger partial charge in [-0.05, 0) is 29.8 Å². The van der Waals surface area contributed by atoms with Gasteiger partial charge in [-0.3, -0.25) is 9.59 Å². The summed E-state index contributed by atoms with van der Waals surface area (Å²) in [5.74, 6) is -1.08. The average molecular weight is 406 g/mol.